The standard InChI is InChI=1S/C18H31NO2/c1-5-7-14-20-16(3)19(17(4)21-15-8-6-2)18-12-10-9-11-13-18/h9-13,16-17H,5-8,14-15H2,1-4H3. The monoisotopic (exact) mass is 293 g/mol. The van der Waals surface area contributed by atoms with E-state index < -0.39 is 0 Å². The summed E-state index contributed by atoms with van der Waals surface area (Å²) < 4.78 is 11.9. The third-order valence-electron chi connectivity index (χ3n) is 3.55. The molecule has 0 bridgehead atoms. The minimum atomic E-state index is 0.00979. The zero-order valence-corrected chi connectivity index (χ0v) is 14.0. The molecule has 0 radical (unpaired) electrons. The Kier molecular flexibility index (Phi) is 9.11. The van der Waals surface area contributed by atoms with Crippen molar-refractivity contribution < 1.29 is 9.47 Å². The highest BCUT2D eigenvalue weighted by atomic mass is 16.5. The minimum Gasteiger partial charge on any atom is -0.359 e. The highest BCUT2D eigenvalue weighted by molar-refractivity contribution is 5.46. The molecule has 1 rings (SSSR count). The van der Waals surface area contributed by atoms with E-state index in [1.807, 2.05) is 6.07 Å². The molecule has 2 atom stereocenters. The summed E-state index contributed by atoms with van der Waals surface area (Å²) in [6.07, 6.45) is 4.52. The van der Waals surface area contributed by atoms with E-state index in [0.717, 1.165) is 44.6 Å². The fourth-order valence-electron chi connectivity index (χ4n) is 2.27. The van der Waals surface area contributed by atoms with Crippen molar-refractivity contribution >= 4 is 5.69 Å². The Morgan fingerprint density at radius 1 is 0.857 bits per heavy atom. The molecule has 0 amide bonds. The number of nitrogens with zero attached hydrogens (tertiary/aromatic N) is 1. The van der Waals surface area contributed by atoms with E-state index in [2.05, 4.69) is 56.9 Å². The van der Waals surface area contributed by atoms with Gasteiger partial charge in [-0.15, -0.1) is 0 Å². The van der Waals surface area contributed by atoms with Gasteiger partial charge in [0.15, 0.2) is 0 Å². The van der Waals surface area contributed by atoms with Gasteiger partial charge in [0.25, 0.3) is 0 Å². The third kappa shape index (κ3) is 6.49. The van der Waals surface area contributed by atoms with E-state index >= 15 is 0 Å². The first kappa shape index (κ1) is 18.0. The summed E-state index contributed by atoms with van der Waals surface area (Å²) in [5, 5.41) is 0. The van der Waals surface area contributed by atoms with E-state index in [-0.39, 0.29) is 12.5 Å². The molecule has 0 aromatic heterocycles. The number of anilines is 1. The molecule has 0 fully saturated rings. The maximum atomic E-state index is 5.97. The maximum Gasteiger partial charge on any atom is 0.129 e. The number of para-hydroxylation sites is 1. The summed E-state index contributed by atoms with van der Waals surface area (Å²) >= 11 is 0. The van der Waals surface area contributed by atoms with Gasteiger partial charge in [-0.25, -0.2) is 0 Å². The molecule has 1 aromatic rings. The first-order valence-corrected chi connectivity index (χ1v) is 8.27. The molecule has 2 unspecified atom stereocenters. The average Bonchev–Trinajstić information content (AvgIpc) is 2.49. The Morgan fingerprint density at radius 2 is 1.33 bits per heavy atom. The number of hydrogen-bond acceptors (Lipinski definition) is 3. The summed E-state index contributed by atoms with van der Waals surface area (Å²) in [4.78, 5) is 2.21. The van der Waals surface area contributed by atoms with Crippen LogP contribution in [0.4, 0.5) is 5.69 Å². The molecular formula is C18H31NO2. The predicted molar refractivity (Wildman–Crippen MR) is 89.6 cm³/mol. The summed E-state index contributed by atoms with van der Waals surface area (Å²) in [7, 11) is 0. The Morgan fingerprint density at radius 3 is 1.76 bits per heavy atom. The second kappa shape index (κ2) is 10.6. The molecule has 0 heterocycles. The van der Waals surface area contributed by atoms with Gasteiger partial charge in [-0.3, -0.25) is 0 Å². The van der Waals surface area contributed by atoms with Crippen LogP contribution in [-0.4, -0.2) is 25.7 Å². The minimum absolute atomic E-state index is 0.00979. The van der Waals surface area contributed by atoms with Gasteiger partial charge in [0, 0.05) is 18.9 Å². The van der Waals surface area contributed by atoms with Gasteiger partial charge < -0.3 is 14.4 Å². The van der Waals surface area contributed by atoms with Crippen LogP contribution in [0.2, 0.25) is 0 Å². The molecular weight excluding hydrogens is 262 g/mol. The van der Waals surface area contributed by atoms with Gasteiger partial charge in [0.05, 0.1) is 0 Å². The van der Waals surface area contributed by atoms with E-state index in [0.29, 0.717) is 0 Å². The van der Waals surface area contributed by atoms with Crippen molar-refractivity contribution in [3.05, 3.63) is 30.3 Å². The largest absolute Gasteiger partial charge is 0.359 e. The van der Waals surface area contributed by atoms with Gasteiger partial charge in [0.2, 0.25) is 0 Å². The first-order valence-electron chi connectivity index (χ1n) is 8.27. The van der Waals surface area contributed by atoms with Gasteiger partial charge in [0.1, 0.15) is 12.5 Å². The summed E-state index contributed by atoms with van der Waals surface area (Å²) in [6, 6.07) is 10.4. The molecule has 3 heteroatoms. The number of benzene rings is 1. The number of ether oxygens (including phenoxy) is 2. The van der Waals surface area contributed by atoms with Crippen molar-refractivity contribution in [2.45, 2.75) is 65.8 Å². The molecule has 0 aliphatic rings. The van der Waals surface area contributed by atoms with Crippen LogP contribution in [-0.2, 0) is 9.47 Å². The molecule has 0 saturated carbocycles. The Balaban J connectivity index is 2.69. The summed E-state index contributed by atoms with van der Waals surface area (Å²) in [6.45, 7) is 10.1. The van der Waals surface area contributed by atoms with Crippen LogP contribution >= 0.6 is 0 Å². The van der Waals surface area contributed by atoms with Crippen molar-refractivity contribution in [2.75, 3.05) is 18.1 Å². The summed E-state index contributed by atoms with van der Waals surface area (Å²) in [5.41, 5.74) is 1.14. The Hall–Kier alpha value is -1.06. The second-order valence-corrected chi connectivity index (χ2v) is 5.39. The van der Waals surface area contributed by atoms with Gasteiger partial charge in [-0.2, -0.15) is 0 Å². The van der Waals surface area contributed by atoms with Crippen molar-refractivity contribution in [3.63, 3.8) is 0 Å². The van der Waals surface area contributed by atoms with Crippen LogP contribution < -0.4 is 4.90 Å². The lowest BCUT2D eigenvalue weighted by Gasteiger charge is -2.36. The van der Waals surface area contributed by atoms with E-state index in [1.165, 1.54) is 0 Å². The Bertz CT molecular complexity index is 339. The fourth-order valence-corrected chi connectivity index (χ4v) is 2.27. The zero-order valence-electron chi connectivity index (χ0n) is 14.0. The van der Waals surface area contributed by atoms with Crippen molar-refractivity contribution in [1.29, 1.82) is 0 Å². The van der Waals surface area contributed by atoms with Crippen molar-refractivity contribution in [1.82, 2.24) is 0 Å². The second-order valence-electron chi connectivity index (χ2n) is 5.39. The SMILES string of the molecule is CCCCOC(C)N(c1ccccc1)C(C)OCCCC. The molecule has 120 valence electrons. The normalized spacial score (nSPS) is 13.9. The molecule has 0 aliphatic heterocycles. The average molecular weight is 293 g/mol. The lowest BCUT2D eigenvalue weighted by atomic mass is 10.2. The van der Waals surface area contributed by atoms with Gasteiger partial charge in [-0.05, 0) is 38.8 Å². The van der Waals surface area contributed by atoms with E-state index in [1.54, 1.807) is 0 Å². The maximum absolute atomic E-state index is 5.97. The first-order chi connectivity index (χ1) is 10.2. The highest BCUT2D eigenvalue weighted by Crippen LogP contribution is 2.21. The summed E-state index contributed by atoms with van der Waals surface area (Å²) in [5.74, 6) is 0. The molecule has 1 aromatic carbocycles. The fraction of sp³-hybridized carbons (Fsp3) is 0.667. The third-order valence-corrected chi connectivity index (χ3v) is 3.55. The van der Waals surface area contributed by atoms with Crippen LogP contribution in [0.15, 0.2) is 30.3 Å². The number of hydrogen-bond donors (Lipinski definition) is 0. The van der Waals surface area contributed by atoms with E-state index in [4.69, 9.17) is 9.47 Å². The van der Waals surface area contributed by atoms with Gasteiger partial charge in [-0.1, -0.05) is 44.9 Å². The van der Waals surface area contributed by atoms with Gasteiger partial charge >= 0.3 is 0 Å². The van der Waals surface area contributed by atoms with E-state index in [9.17, 15) is 0 Å². The van der Waals surface area contributed by atoms with Crippen molar-refractivity contribution in [2.24, 2.45) is 0 Å². The molecule has 0 spiro atoms. The quantitative estimate of drug-likeness (QED) is 0.431. The van der Waals surface area contributed by atoms with Crippen LogP contribution in [0, 0.1) is 0 Å². The molecule has 0 saturated heterocycles. The topological polar surface area (TPSA) is 21.7 Å². The van der Waals surface area contributed by atoms with Crippen LogP contribution in [0.25, 0.3) is 0 Å². The van der Waals surface area contributed by atoms with Crippen LogP contribution in [0.1, 0.15) is 53.4 Å². The number of unbranched alkanes of at least 4 members (excludes halogenated alkanes) is 2. The van der Waals surface area contributed by atoms with Crippen LogP contribution in [0.5, 0.6) is 0 Å². The lowest BCUT2D eigenvalue weighted by Crippen LogP contribution is -2.43. The smallest absolute Gasteiger partial charge is 0.129 e. The molecule has 0 aliphatic carbocycles. The molecule has 21 heavy (non-hydrogen) atoms. The number of rotatable bonds is 11. The zero-order chi connectivity index (χ0) is 15.5. The molecule has 0 N–H and O–H groups in total. The predicted octanol–water partition coefficient (Wildman–Crippen LogP) is 4.82. The lowest BCUT2D eigenvalue weighted by molar-refractivity contribution is -0.00128. The highest BCUT2D eigenvalue weighted by Gasteiger charge is 2.21. The van der Waals surface area contributed by atoms with Crippen LogP contribution in [0.3, 0.4) is 0 Å². The van der Waals surface area contributed by atoms with Crippen molar-refractivity contribution in [3.8, 4) is 0 Å². The Labute approximate surface area is 130 Å². The molecule has 3 nitrogen and oxygen atoms in total.